The van der Waals surface area contributed by atoms with Crippen LogP contribution in [-0.4, -0.2) is 10.9 Å². The molecule has 2 aromatic carbocycles. The number of hydrogen-bond donors (Lipinski definition) is 3. The van der Waals surface area contributed by atoms with Crippen molar-refractivity contribution in [3.63, 3.8) is 0 Å². The molecule has 1 amide bonds. The van der Waals surface area contributed by atoms with E-state index in [4.69, 9.17) is 5.73 Å². The fourth-order valence-electron chi connectivity index (χ4n) is 2.25. The molecule has 0 atom stereocenters. The van der Waals surface area contributed by atoms with Gasteiger partial charge < -0.3 is 16.0 Å². The molecule has 0 fully saturated rings. The highest BCUT2D eigenvalue weighted by Crippen LogP contribution is 2.24. The van der Waals surface area contributed by atoms with Crippen LogP contribution in [0.1, 0.15) is 15.9 Å². The molecule has 1 heterocycles. The SMILES string of the molecule is Cc1ccc(Br)cc1NC(=O)c1c[nH]c2cc(N)ccc12. The normalized spacial score (nSPS) is 10.8. The molecule has 0 aliphatic rings. The van der Waals surface area contributed by atoms with Gasteiger partial charge >= 0.3 is 0 Å². The molecule has 0 bridgehead atoms. The summed E-state index contributed by atoms with van der Waals surface area (Å²) in [5.41, 5.74) is 9.66. The first-order valence-electron chi connectivity index (χ1n) is 6.49. The number of H-pyrrole nitrogens is 1. The minimum absolute atomic E-state index is 0.146. The summed E-state index contributed by atoms with van der Waals surface area (Å²) in [5.74, 6) is -0.146. The van der Waals surface area contributed by atoms with Crippen LogP contribution in [-0.2, 0) is 0 Å². The zero-order valence-corrected chi connectivity index (χ0v) is 13.0. The number of rotatable bonds is 2. The van der Waals surface area contributed by atoms with Gasteiger partial charge in [-0.25, -0.2) is 0 Å². The van der Waals surface area contributed by atoms with Crippen LogP contribution in [0.5, 0.6) is 0 Å². The van der Waals surface area contributed by atoms with Crippen LogP contribution >= 0.6 is 15.9 Å². The summed E-state index contributed by atoms with van der Waals surface area (Å²) in [6.07, 6.45) is 1.70. The summed E-state index contributed by atoms with van der Waals surface area (Å²) < 4.78 is 0.926. The summed E-state index contributed by atoms with van der Waals surface area (Å²) in [5, 5.41) is 3.80. The number of halogens is 1. The molecule has 4 nitrogen and oxygen atoms in total. The molecular weight excluding hydrogens is 330 g/mol. The second kappa shape index (κ2) is 5.26. The fraction of sp³-hybridized carbons (Fsp3) is 0.0625. The fourth-order valence-corrected chi connectivity index (χ4v) is 2.61. The number of aromatic amines is 1. The van der Waals surface area contributed by atoms with E-state index in [0.717, 1.165) is 26.6 Å². The molecule has 0 spiro atoms. The Kier molecular flexibility index (Phi) is 3.43. The first kappa shape index (κ1) is 13.7. The van der Waals surface area contributed by atoms with Crippen molar-refractivity contribution >= 4 is 44.1 Å². The van der Waals surface area contributed by atoms with E-state index in [1.54, 1.807) is 12.3 Å². The summed E-state index contributed by atoms with van der Waals surface area (Å²) >= 11 is 3.41. The van der Waals surface area contributed by atoms with Crippen LogP contribution in [0.15, 0.2) is 47.1 Å². The van der Waals surface area contributed by atoms with Gasteiger partial charge in [-0.3, -0.25) is 4.79 Å². The Morgan fingerprint density at radius 1 is 1.24 bits per heavy atom. The standard InChI is InChI=1S/C16H14BrN3O/c1-9-2-3-10(17)6-14(9)20-16(21)13-8-19-15-7-11(18)4-5-12(13)15/h2-8,19H,18H2,1H3,(H,20,21). The van der Waals surface area contributed by atoms with Gasteiger partial charge in [0, 0.05) is 32.9 Å². The Bertz CT molecular complexity index is 839. The highest BCUT2D eigenvalue weighted by atomic mass is 79.9. The van der Waals surface area contributed by atoms with E-state index < -0.39 is 0 Å². The molecule has 0 aliphatic heterocycles. The summed E-state index contributed by atoms with van der Waals surface area (Å²) in [7, 11) is 0. The van der Waals surface area contributed by atoms with Gasteiger partial charge in [0.1, 0.15) is 0 Å². The third-order valence-electron chi connectivity index (χ3n) is 3.40. The number of anilines is 2. The first-order valence-corrected chi connectivity index (χ1v) is 7.28. The molecule has 3 aromatic rings. The highest BCUT2D eigenvalue weighted by molar-refractivity contribution is 9.10. The number of aromatic nitrogens is 1. The maximum Gasteiger partial charge on any atom is 0.257 e. The Morgan fingerprint density at radius 3 is 2.86 bits per heavy atom. The van der Waals surface area contributed by atoms with Crippen molar-refractivity contribution in [2.24, 2.45) is 0 Å². The molecule has 21 heavy (non-hydrogen) atoms. The molecule has 0 saturated heterocycles. The van der Waals surface area contributed by atoms with E-state index in [1.165, 1.54) is 0 Å². The topological polar surface area (TPSA) is 70.9 Å². The van der Waals surface area contributed by atoms with Crippen LogP contribution in [0.2, 0.25) is 0 Å². The zero-order valence-electron chi connectivity index (χ0n) is 11.4. The molecule has 0 radical (unpaired) electrons. The van der Waals surface area contributed by atoms with E-state index in [0.29, 0.717) is 11.3 Å². The van der Waals surface area contributed by atoms with Crippen LogP contribution < -0.4 is 11.1 Å². The monoisotopic (exact) mass is 343 g/mol. The molecule has 0 unspecified atom stereocenters. The van der Waals surface area contributed by atoms with Gasteiger partial charge in [0.05, 0.1) is 5.56 Å². The summed E-state index contributed by atoms with van der Waals surface area (Å²) in [6.45, 7) is 1.96. The number of aryl methyl sites for hydroxylation is 1. The van der Waals surface area contributed by atoms with E-state index in [9.17, 15) is 4.79 Å². The summed E-state index contributed by atoms with van der Waals surface area (Å²) in [4.78, 5) is 15.5. The van der Waals surface area contributed by atoms with Crippen LogP contribution in [0.3, 0.4) is 0 Å². The lowest BCUT2D eigenvalue weighted by Crippen LogP contribution is -2.12. The minimum atomic E-state index is -0.146. The zero-order chi connectivity index (χ0) is 15.0. The van der Waals surface area contributed by atoms with E-state index in [1.807, 2.05) is 37.3 Å². The molecule has 4 N–H and O–H groups in total. The number of benzene rings is 2. The largest absolute Gasteiger partial charge is 0.399 e. The van der Waals surface area contributed by atoms with Gasteiger partial charge in [-0.15, -0.1) is 0 Å². The van der Waals surface area contributed by atoms with Crippen molar-refractivity contribution in [3.8, 4) is 0 Å². The number of fused-ring (bicyclic) bond motifs is 1. The lowest BCUT2D eigenvalue weighted by molar-refractivity contribution is 0.102. The Balaban J connectivity index is 1.95. The number of nitrogens with two attached hydrogens (primary N) is 1. The van der Waals surface area contributed by atoms with Crippen LogP contribution in [0.25, 0.3) is 10.9 Å². The second-order valence-corrected chi connectivity index (χ2v) is 5.84. The molecule has 1 aromatic heterocycles. The van der Waals surface area contributed by atoms with Crippen molar-refractivity contribution in [1.29, 1.82) is 0 Å². The van der Waals surface area contributed by atoms with Gasteiger partial charge in [0.25, 0.3) is 5.91 Å². The maximum absolute atomic E-state index is 12.5. The van der Waals surface area contributed by atoms with Crippen molar-refractivity contribution in [3.05, 3.63) is 58.2 Å². The highest BCUT2D eigenvalue weighted by Gasteiger charge is 2.13. The lowest BCUT2D eigenvalue weighted by atomic mass is 10.1. The smallest absolute Gasteiger partial charge is 0.257 e. The predicted octanol–water partition coefficient (Wildman–Crippen LogP) is 4.07. The van der Waals surface area contributed by atoms with Crippen LogP contribution in [0, 0.1) is 6.92 Å². The Morgan fingerprint density at radius 2 is 2.05 bits per heavy atom. The van der Waals surface area contributed by atoms with Crippen LogP contribution in [0.4, 0.5) is 11.4 Å². The third-order valence-corrected chi connectivity index (χ3v) is 3.89. The van der Waals surface area contributed by atoms with E-state index >= 15 is 0 Å². The number of amides is 1. The van der Waals surface area contributed by atoms with Crippen molar-refractivity contribution in [2.75, 3.05) is 11.1 Å². The Hall–Kier alpha value is -2.27. The summed E-state index contributed by atoms with van der Waals surface area (Å²) in [6, 6.07) is 11.2. The molecule has 106 valence electrons. The van der Waals surface area contributed by atoms with Gasteiger partial charge in [0.2, 0.25) is 0 Å². The van der Waals surface area contributed by atoms with Crippen molar-refractivity contribution in [1.82, 2.24) is 4.98 Å². The average Bonchev–Trinajstić information content (AvgIpc) is 2.85. The molecule has 5 heteroatoms. The number of nitrogen functional groups attached to an aromatic ring is 1. The number of hydrogen-bond acceptors (Lipinski definition) is 2. The minimum Gasteiger partial charge on any atom is -0.399 e. The lowest BCUT2D eigenvalue weighted by Gasteiger charge is -2.08. The average molecular weight is 344 g/mol. The molecule has 0 aliphatic carbocycles. The first-order chi connectivity index (χ1) is 10.0. The van der Waals surface area contributed by atoms with Gasteiger partial charge in [-0.05, 0) is 42.8 Å². The van der Waals surface area contributed by atoms with Crippen molar-refractivity contribution < 1.29 is 4.79 Å². The quantitative estimate of drug-likeness (QED) is 0.613. The maximum atomic E-state index is 12.5. The third kappa shape index (κ3) is 2.64. The van der Waals surface area contributed by atoms with Gasteiger partial charge in [-0.2, -0.15) is 0 Å². The van der Waals surface area contributed by atoms with Crippen molar-refractivity contribution in [2.45, 2.75) is 6.92 Å². The molecular formula is C16H14BrN3O. The molecule has 0 saturated carbocycles. The number of nitrogens with one attached hydrogen (secondary N) is 2. The number of carbonyl (C=O) groups excluding carboxylic acids is 1. The Labute approximate surface area is 130 Å². The van der Waals surface area contributed by atoms with E-state index in [-0.39, 0.29) is 5.91 Å². The predicted molar refractivity (Wildman–Crippen MR) is 89.5 cm³/mol. The van der Waals surface area contributed by atoms with Gasteiger partial charge in [-0.1, -0.05) is 22.0 Å². The molecule has 3 rings (SSSR count). The second-order valence-electron chi connectivity index (χ2n) is 4.92. The van der Waals surface area contributed by atoms with Gasteiger partial charge in [0.15, 0.2) is 0 Å². The number of carbonyl (C=O) groups is 1. The van der Waals surface area contributed by atoms with E-state index in [2.05, 4.69) is 26.2 Å².